The number of aromatic amines is 2. The molecule has 0 spiro atoms. The number of halogens is 1. The van der Waals surface area contributed by atoms with E-state index in [1.54, 1.807) is 66.9 Å². The van der Waals surface area contributed by atoms with Gasteiger partial charge in [0.2, 0.25) is 11.3 Å². The van der Waals surface area contributed by atoms with Gasteiger partial charge in [-0.3, -0.25) is 9.59 Å². The molecule has 65 heavy (non-hydrogen) atoms. The minimum atomic E-state index is -0.941. The Kier molecular flexibility index (Phi) is 14.5. The number of carbonyl (C=O) groups excluding carboxylic acids is 4. The molecule has 16 nitrogen and oxygen atoms in total. The molecule has 0 saturated heterocycles. The van der Waals surface area contributed by atoms with Gasteiger partial charge < -0.3 is 39.8 Å². The summed E-state index contributed by atoms with van der Waals surface area (Å²) >= 11 is 0. The number of alkyl carbamates (subject to hydrolysis) is 2. The predicted octanol–water partition coefficient (Wildman–Crippen LogP) is 7.06. The number of hydrogen-bond acceptors (Lipinski definition) is 10. The van der Waals surface area contributed by atoms with Crippen molar-refractivity contribution in [2.75, 3.05) is 27.3 Å². The number of unbranched alkanes of at least 4 members (excludes halogenated alkanes) is 2. The lowest BCUT2D eigenvalue weighted by Gasteiger charge is -2.18. The molecule has 0 fully saturated rings. The van der Waals surface area contributed by atoms with E-state index in [0.29, 0.717) is 96.9 Å². The number of carbonyl (C=O) groups is 4. The van der Waals surface area contributed by atoms with Gasteiger partial charge >= 0.3 is 18.1 Å². The van der Waals surface area contributed by atoms with E-state index in [0.717, 1.165) is 0 Å². The summed E-state index contributed by atoms with van der Waals surface area (Å²) in [4.78, 5) is 79.1. The second kappa shape index (κ2) is 20.9. The van der Waals surface area contributed by atoms with Gasteiger partial charge in [0, 0.05) is 36.9 Å². The molecule has 3 heterocycles. The number of H-pyrrole nitrogens is 2. The Labute approximate surface area is 372 Å². The Balaban J connectivity index is 0.934. The lowest BCUT2D eigenvalue weighted by molar-refractivity contribution is -0.444. The summed E-state index contributed by atoms with van der Waals surface area (Å²) in [6.07, 6.45) is 5.45. The standard InChI is InChI=1S/C48H47FN8O8/c1-57(46(60)43(56-48(62)64-3)30-16-8-5-9-17-30)23-13-11-19-40-51-27-36(53-40)31-20-21-38-33(24-31)44(58)34-25-35(49)32(26-39(34)65-38)37-28-52-41(54-37)18-10-12-22-50-45(59)42(55-47(61)63-2)29-14-6-4-7-15-29/h4-9,14-17,20-21,24-28,42-43H,1,10-13,18-19,22-23H2,2-3H3,(H4-,50,51,52,53,54,55,56,58,59,61,62)/p+1. The molecule has 4 aromatic carbocycles. The highest BCUT2D eigenvalue weighted by atomic mass is 19.1. The van der Waals surface area contributed by atoms with Crippen LogP contribution >= 0.6 is 0 Å². The summed E-state index contributed by atoms with van der Waals surface area (Å²) in [5, 5.41) is 8.37. The average molecular weight is 884 g/mol. The number of amides is 4. The third kappa shape index (κ3) is 11.0. The summed E-state index contributed by atoms with van der Waals surface area (Å²) in [5.74, 6) is -0.0270. The van der Waals surface area contributed by atoms with Crippen LogP contribution in [0, 0.1) is 5.82 Å². The number of nitrogens with one attached hydrogen (secondary N) is 5. The van der Waals surface area contributed by atoms with E-state index in [9.17, 15) is 24.0 Å². The molecule has 0 aliphatic rings. The van der Waals surface area contributed by atoms with Crippen LogP contribution in [0.2, 0.25) is 0 Å². The third-order valence-corrected chi connectivity index (χ3v) is 10.8. The van der Waals surface area contributed by atoms with Gasteiger partial charge in [0.05, 0.1) is 48.8 Å². The highest BCUT2D eigenvalue weighted by Gasteiger charge is 2.31. The summed E-state index contributed by atoms with van der Waals surface area (Å²) < 4.78 is 32.6. The first-order valence-electron chi connectivity index (χ1n) is 21.0. The van der Waals surface area contributed by atoms with Crippen molar-refractivity contribution >= 4 is 52.7 Å². The maximum atomic E-state index is 15.7. The monoisotopic (exact) mass is 883 g/mol. The fourth-order valence-corrected chi connectivity index (χ4v) is 7.36. The second-order valence-electron chi connectivity index (χ2n) is 15.2. The predicted molar refractivity (Wildman–Crippen MR) is 241 cm³/mol. The van der Waals surface area contributed by atoms with Crippen molar-refractivity contribution in [1.29, 1.82) is 0 Å². The molecule has 334 valence electrons. The Morgan fingerprint density at radius 2 is 1.32 bits per heavy atom. The molecule has 0 aliphatic carbocycles. The number of rotatable bonds is 18. The van der Waals surface area contributed by atoms with Crippen LogP contribution in [0.15, 0.2) is 113 Å². The van der Waals surface area contributed by atoms with Crippen LogP contribution < -0.4 is 21.4 Å². The van der Waals surface area contributed by atoms with Gasteiger partial charge in [-0.25, -0.2) is 28.7 Å². The number of fused-ring (bicyclic) bond motifs is 2. The van der Waals surface area contributed by atoms with E-state index in [1.165, 1.54) is 37.1 Å². The van der Waals surface area contributed by atoms with Gasteiger partial charge in [-0.05, 0) is 60.7 Å². The minimum Gasteiger partial charge on any atom is -0.456 e. The summed E-state index contributed by atoms with van der Waals surface area (Å²) in [7, 11) is 2.46. The highest BCUT2D eigenvalue weighted by Crippen LogP contribution is 2.30. The molecule has 3 aromatic heterocycles. The molecule has 7 aromatic rings. The largest absolute Gasteiger partial charge is 0.456 e. The SMILES string of the molecule is C=[N+](CCCCc1ncc(-c2ccc3oc4cc(-c5cnc(CCCCNC(=O)C(NC(=O)OC)c6ccccc6)[nH]5)c(F)cc4c(=O)c3c2)[nH]1)C(=O)C(NC(=O)OC)c1ccccc1. The second-order valence-corrected chi connectivity index (χ2v) is 15.2. The third-order valence-electron chi connectivity index (χ3n) is 10.8. The average Bonchev–Trinajstić information content (AvgIpc) is 4.01. The van der Waals surface area contributed by atoms with Crippen molar-refractivity contribution in [3.63, 3.8) is 0 Å². The van der Waals surface area contributed by atoms with Crippen molar-refractivity contribution in [1.82, 2.24) is 35.9 Å². The summed E-state index contributed by atoms with van der Waals surface area (Å²) in [6.45, 7) is 4.61. The number of nitrogens with zero attached hydrogens (tertiary/aromatic N) is 3. The Bertz CT molecular complexity index is 2900. The van der Waals surface area contributed by atoms with Crippen LogP contribution in [0.5, 0.6) is 0 Å². The molecular formula is C48H48FN8O8+. The van der Waals surface area contributed by atoms with Gasteiger partial charge in [-0.15, -0.1) is 0 Å². The summed E-state index contributed by atoms with van der Waals surface area (Å²) in [5.41, 5.74) is 3.39. The number of hydrogen-bond donors (Lipinski definition) is 5. The van der Waals surface area contributed by atoms with Crippen LogP contribution in [-0.4, -0.2) is 82.5 Å². The van der Waals surface area contributed by atoms with Crippen molar-refractivity contribution in [3.8, 4) is 22.5 Å². The molecule has 0 aliphatic heterocycles. The van der Waals surface area contributed by atoms with Crippen LogP contribution in [0.3, 0.4) is 0 Å². The van der Waals surface area contributed by atoms with Crippen LogP contribution in [-0.2, 0) is 31.9 Å². The van der Waals surface area contributed by atoms with E-state index >= 15 is 4.39 Å². The van der Waals surface area contributed by atoms with Gasteiger partial charge in [0.1, 0.15) is 41.4 Å². The van der Waals surface area contributed by atoms with Crippen LogP contribution in [0.4, 0.5) is 14.0 Å². The summed E-state index contributed by atoms with van der Waals surface area (Å²) in [6, 6.07) is 23.7. The first kappa shape index (κ1) is 45.1. The first-order valence-corrected chi connectivity index (χ1v) is 21.0. The molecule has 2 unspecified atom stereocenters. The van der Waals surface area contributed by atoms with E-state index in [4.69, 9.17) is 9.15 Å². The topological polar surface area (TPSA) is 213 Å². The minimum absolute atomic E-state index is 0.0911. The van der Waals surface area contributed by atoms with E-state index < -0.39 is 30.1 Å². The van der Waals surface area contributed by atoms with Gasteiger partial charge in [-0.1, -0.05) is 60.7 Å². The maximum Gasteiger partial charge on any atom is 0.413 e. The molecule has 0 bridgehead atoms. The van der Waals surface area contributed by atoms with Gasteiger partial charge in [-0.2, -0.15) is 4.58 Å². The molecule has 0 radical (unpaired) electrons. The number of aryl methyl sites for hydroxylation is 2. The highest BCUT2D eigenvalue weighted by molar-refractivity contribution is 5.93. The van der Waals surface area contributed by atoms with Crippen LogP contribution in [0.25, 0.3) is 44.5 Å². The maximum absolute atomic E-state index is 15.7. The number of benzene rings is 4. The lowest BCUT2D eigenvalue weighted by Crippen LogP contribution is -2.40. The number of imidazole rings is 2. The molecule has 0 saturated carbocycles. The Hall–Kier alpha value is -7.95. The normalized spacial score (nSPS) is 12.0. The van der Waals surface area contributed by atoms with Crippen molar-refractivity contribution in [3.05, 3.63) is 142 Å². The van der Waals surface area contributed by atoms with E-state index in [-0.39, 0.29) is 39.2 Å². The van der Waals surface area contributed by atoms with Crippen molar-refractivity contribution in [2.45, 2.75) is 50.6 Å². The number of ether oxygens (including phenoxy) is 2. The smallest absolute Gasteiger partial charge is 0.413 e. The first-order chi connectivity index (χ1) is 31.5. The van der Waals surface area contributed by atoms with Crippen molar-refractivity contribution < 1.29 is 42.0 Å². The quantitative estimate of drug-likeness (QED) is 0.0256. The number of aromatic nitrogens is 4. The molecule has 7 rings (SSSR count). The lowest BCUT2D eigenvalue weighted by atomic mass is 10.0. The molecule has 2 atom stereocenters. The van der Waals surface area contributed by atoms with Crippen molar-refractivity contribution in [2.24, 2.45) is 0 Å². The fourth-order valence-electron chi connectivity index (χ4n) is 7.36. The molecular weight excluding hydrogens is 836 g/mol. The van der Waals surface area contributed by atoms with E-state index in [2.05, 4.69) is 47.3 Å². The Morgan fingerprint density at radius 1 is 0.738 bits per heavy atom. The molecule has 17 heteroatoms. The van der Waals surface area contributed by atoms with Gasteiger partial charge in [0.15, 0.2) is 12.6 Å². The van der Waals surface area contributed by atoms with Gasteiger partial charge in [0.25, 0.3) is 0 Å². The van der Waals surface area contributed by atoms with E-state index in [1.807, 2.05) is 18.2 Å². The molecule has 5 N–H and O–H groups in total. The fraction of sp³-hybridized carbons (Fsp3) is 0.250. The van der Waals surface area contributed by atoms with Crippen LogP contribution in [0.1, 0.15) is 60.5 Å². The Morgan fingerprint density at radius 3 is 1.98 bits per heavy atom. The zero-order valence-electron chi connectivity index (χ0n) is 35.8. The zero-order valence-corrected chi connectivity index (χ0v) is 35.8. The zero-order chi connectivity index (χ0) is 45.9. The molecule has 4 amide bonds. The number of methoxy groups -OCH3 is 2.